The first kappa shape index (κ1) is 18.7. The molecular weight excluding hydrogens is 376 g/mol. The molecular formula is C18H19ClN2O4S. The third-order valence-electron chi connectivity index (χ3n) is 4.29. The minimum Gasteiger partial charge on any atom is -0.506 e. The normalized spacial score (nSPS) is 15.2. The number of nitrogens with zero attached hydrogens (tertiary/aromatic N) is 1. The summed E-state index contributed by atoms with van der Waals surface area (Å²) in [4.78, 5) is 12.6. The van der Waals surface area contributed by atoms with Gasteiger partial charge in [0, 0.05) is 13.1 Å². The molecule has 26 heavy (non-hydrogen) atoms. The molecule has 1 aliphatic rings. The van der Waals surface area contributed by atoms with Crippen LogP contribution in [0.1, 0.15) is 28.8 Å². The number of aromatic hydroxyl groups is 1. The lowest BCUT2D eigenvalue weighted by molar-refractivity contribution is 0.102. The number of phenols is 1. The van der Waals surface area contributed by atoms with Crippen molar-refractivity contribution in [2.45, 2.75) is 24.7 Å². The van der Waals surface area contributed by atoms with E-state index in [-0.39, 0.29) is 26.9 Å². The fourth-order valence-corrected chi connectivity index (χ4v) is 4.60. The Labute approximate surface area is 157 Å². The molecule has 0 radical (unpaired) electrons. The van der Waals surface area contributed by atoms with Crippen molar-refractivity contribution in [3.8, 4) is 5.75 Å². The predicted octanol–water partition coefficient (Wildman–Crippen LogP) is 3.39. The van der Waals surface area contributed by atoms with E-state index in [4.69, 9.17) is 11.6 Å². The van der Waals surface area contributed by atoms with E-state index in [1.54, 1.807) is 12.1 Å². The van der Waals surface area contributed by atoms with Gasteiger partial charge >= 0.3 is 0 Å². The van der Waals surface area contributed by atoms with Gasteiger partial charge in [0.05, 0.1) is 21.2 Å². The Hall–Kier alpha value is -2.09. The number of hydrogen-bond donors (Lipinski definition) is 2. The van der Waals surface area contributed by atoms with E-state index in [2.05, 4.69) is 5.32 Å². The average molecular weight is 395 g/mol. The highest BCUT2D eigenvalue weighted by Gasteiger charge is 2.28. The number of aryl methyl sites for hydroxylation is 1. The fourth-order valence-electron chi connectivity index (χ4n) is 2.85. The van der Waals surface area contributed by atoms with Crippen LogP contribution in [0.3, 0.4) is 0 Å². The van der Waals surface area contributed by atoms with E-state index < -0.39 is 15.9 Å². The van der Waals surface area contributed by atoms with Crippen LogP contribution in [0.4, 0.5) is 5.69 Å². The molecule has 1 fully saturated rings. The molecule has 1 aliphatic heterocycles. The van der Waals surface area contributed by atoms with Gasteiger partial charge in [-0.25, -0.2) is 8.42 Å². The zero-order valence-corrected chi connectivity index (χ0v) is 15.8. The van der Waals surface area contributed by atoms with E-state index in [0.29, 0.717) is 13.1 Å². The largest absolute Gasteiger partial charge is 0.506 e. The molecule has 0 aliphatic carbocycles. The third kappa shape index (κ3) is 3.70. The topological polar surface area (TPSA) is 86.7 Å². The van der Waals surface area contributed by atoms with Crippen LogP contribution in [0.2, 0.25) is 5.02 Å². The summed E-state index contributed by atoms with van der Waals surface area (Å²) in [5.41, 5.74) is 1.11. The van der Waals surface area contributed by atoms with E-state index in [9.17, 15) is 18.3 Å². The highest BCUT2D eigenvalue weighted by molar-refractivity contribution is 7.89. The van der Waals surface area contributed by atoms with Crippen LogP contribution >= 0.6 is 11.6 Å². The Morgan fingerprint density at radius 1 is 1.15 bits per heavy atom. The van der Waals surface area contributed by atoms with Gasteiger partial charge in [-0.3, -0.25) is 4.79 Å². The van der Waals surface area contributed by atoms with E-state index >= 15 is 0 Å². The lowest BCUT2D eigenvalue weighted by atomic mass is 10.2. The SMILES string of the molecule is Cc1ccc(NC(=O)c2cc(S(=O)(=O)N3CCCC3)ccc2Cl)c(O)c1. The van der Waals surface area contributed by atoms with Crippen molar-refractivity contribution in [3.05, 3.63) is 52.5 Å². The Kier molecular flexibility index (Phi) is 5.22. The van der Waals surface area contributed by atoms with Gasteiger partial charge in [-0.05, 0) is 55.7 Å². The molecule has 3 rings (SSSR count). The van der Waals surface area contributed by atoms with Crippen molar-refractivity contribution >= 4 is 33.2 Å². The number of phenolic OH excluding ortho intramolecular Hbond substituents is 1. The summed E-state index contributed by atoms with van der Waals surface area (Å²) in [5, 5.41) is 12.6. The van der Waals surface area contributed by atoms with Crippen LogP contribution in [0.15, 0.2) is 41.3 Å². The minimum atomic E-state index is -3.65. The van der Waals surface area contributed by atoms with Gasteiger partial charge in [0.25, 0.3) is 5.91 Å². The first-order chi connectivity index (χ1) is 12.3. The predicted molar refractivity (Wildman–Crippen MR) is 100 cm³/mol. The second-order valence-corrected chi connectivity index (χ2v) is 8.57. The Morgan fingerprint density at radius 3 is 2.50 bits per heavy atom. The van der Waals surface area contributed by atoms with Gasteiger partial charge in [-0.15, -0.1) is 0 Å². The Morgan fingerprint density at radius 2 is 1.85 bits per heavy atom. The molecule has 2 N–H and O–H groups in total. The molecule has 0 bridgehead atoms. The molecule has 138 valence electrons. The molecule has 8 heteroatoms. The van der Waals surface area contributed by atoms with Crippen molar-refractivity contribution in [2.24, 2.45) is 0 Å². The summed E-state index contributed by atoms with van der Waals surface area (Å²) in [6, 6.07) is 8.90. The maximum absolute atomic E-state index is 12.7. The highest BCUT2D eigenvalue weighted by atomic mass is 35.5. The van der Waals surface area contributed by atoms with Crippen LogP contribution in [0, 0.1) is 6.92 Å². The molecule has 1 heterocycles. The summed E-state index contributed by atoms with van der Waals surface area (Å²) in [6.07, 6.45) is 1.65. The number of rotatable bonds is 4. The van der Waals surface area contributed by atoms with Crippen molar-refractivity contribution < 1.29 is 18.3 Å². The smallest absolute Gasteiger partial charge is 0.257 e. The number of carbonyl (C=O) groups is 1. The van der Waals surface area contributed by atoms with Crippen molar-refractivity contribution in [1.82, 2.24) is 4.31 Å². The maximum Gasteiger partial charge on any atom is 0.257 e. The number of sulfonamides is 1. The number of amides is 1. The van der Waals surface area contributed by atoms with Gasteiger partial charge in [0.2, 0.25) is 10.0 Å². The van der Waals surface area contributed by atoms with E-state index in [0.717, 1.165) is 18.4 Å². The zero-order chi connectivity index (χ0) is 18.9. The highest BCUT2D eigenvalue weighted by Crippen LogP contribution is 2.28. The summed E-state index contributed by atoms with van der Waals surface area (Å²) < 4.78 is 26.8. The minimum absolute atomic E-state index is 0.0297. The third-order valence-corrected chi connectivity index (χ3v) is 6.51. The fraction of sp³-hybridized carbons (Fsp3) is 0.278. The quantitative estimate of drug-likeness (QED) is 0.778. The molecule has 0 atom stereocenters. The molecule has 0 saturated carbocycles. The summed E-state index contributed by atoms with van der Waals surface area (Å²) in [5.74, 6) is -0.664. The molecule has 2 aromatic rings. The molecule has 6 nitrogen and oxygen atoms in total. The lowest BCUT2D eigenvalue weighted by Gasteiger charge is -2.16. The Balaban J connectivity index is 1.91. The van der Waals surface area contributed by atoms with Crippen LogP contribution < -0.4 is 5.32 Å². The van der Waals surface area contributed by atoms with Crippen LogP contribution in [-0.2, 0) is 10.0 Å². The summed E-state index contributed by atoms with van der Waals surface area (Å²) >= 11 is 6.10. The van der Waals surface area contributed by atoms with Gasteiger partial charge in [0.15, 0.2) is 0 Å². The van der Waals surface area contributed by atoms with Gasteiger partial charge in [0.1, 0.15) is 5.75 Å². The number of hydrogen-bond acceptors (Lipinski definition) is 4. The van der Waals surface area contributed by atoms with E-state index in [1.165, 1.54) is 28.6 Å². The second kappa shape index (κ2) is 7.26. The molecule has 1 amide bonds. The summed E-state index contributed by atoms with van der Waals surface area (Å²) in [6.45, 7) is 2.77. The molecule has 2 aromatic carbocycles. The molecule has 0 aromatic heterocycles. The average Bonchev–Trinajstić information content (AvgIpc) is 3.13. The standard InChI is InChI=1S/C18H19ClN2O4S/c1-12-4-7-16(17(22)10-12)20-18(23)14-11-13(5-6-15(14)19)26(24,25)21-8-2-3-9-21/h4-7,10-11,22H,2-3,8-9H2,1H3,(H,20,23). The van der Waals surface area contributed by atoms with Gasteiger partial charge in [-0.2, -0.15) is 4.31 Å². The first-order valence-corrected chi connectivity index (χ1v) is 10.0. The molecule has 0 unspecified atom stereocenters. The number of halogens is 1. The van der Waals surface area contributed by atoms with Gasteiger partial charge in [-0.1, -0.05) is 17.7 Å². The monoisotopic (exact) mass is 394 g/mol. The zero-order valence-electron chi connectivity index (χ0n) is 14.2. The lowest BCUT2D eigenvalue weighted by Crippen LogP contribution is -2.28. The number of anilines is 1. The van der Waals surface area contributed by atoms with Crippen molar-refractivity contribution in [2.75, 3.05) is 18.4 Å². The van der Waals surface area contributed by atoms with Crippen molar-refractivity contribution in [1.29, 1.82) is 0 Å². The molecule has 0 spiro atoms. The van der Waals surface area contributed by atoms with Crippen LogP contribution in [0.5, 0.6) is 5.75 Å². The number of carbonyl (C=O) groups excluding carboxylic acids is 1. The first-order valence-electron chi connectivity index (χ1n) is 8.20. The van der Waals surface area contributed by atoms with Crippen LogP contribution in [0.25, 0.3) is 0 Å². The number of nitrogens with one attached hydrogen (secondary N) is 1. The van der Waals surface area contributed by atoms with Crippen LogP contribution in [-0.4, -0.2) is 36.8 Å². The second-order valence-electron chi connectivity index (χ2n) is 6.23. The maximum atomic E-state index is 12.7. The number of benzene rings is 2. The van der Waals surface area contributed by atoms with Gasteiger partial charge < -0.3 is 10.4 Å². The summed E-state index contributed by atoms with van der Waals surface area (Å²) in [7, 11) is -3.65. The Bertz CT molecular complexity index is 954. The van der Waals surface area contributed by atoms with Crippen molar-refractivity contribution in [3.63, 3.8) is 0 Å². The molecule has 1 saturated heterocycles. The van der Waals surface area contributed by atoms with E-state index in [1.807, 2.05) is 6.92 Å².